The molecule has 0 aliphatic carbocycles. The Hall–Kier alpha value is -0.730. The van der Waals surface area contributed by atoms with Gasteiger partial charge in [0.15, 0.2) is 0 Å². The van der Waals surface area contributed by atoms with Gasteiger partial charge in [-0.2, -0.15) is 0 Å². The van der Waals surface area contributed by atoms with Gasteiger partial charge in [-0.15, -0.1) is 0 Å². The van der Waals surface area contributed by atoms with Crippen molar-refractivity contribution in [3.63, 3.8) is 0 Å². The maximum Gasteiger partial charge on any atom is 0.137 e. The van der Waals surface area contributed by atoms with Crippen LogP contribution in [0.2, 0.25) is 5.02 Å². The predicted molar refractivity (Wildman–Crippen MR) is 55.2 cm³/mol. The van der Waals surface area contributed by atoms with Gasteiger partial charge in [-0.05, 0) is 18.1 Å². The third-order valence-corrected chi connectivity index (χ3v) is 2.46. The van der Waals surface area contributed by atoms with Gasteiger partial charge in [0.25, 0.3) is 0 Å². The number of benzene rings is 1. The molecule has 0 aromatic heterocycles. The van der Waals surface area contributed by atoms with E-state index in [1.807, 2.05) is 25.1 Å². The van der Waals surface area contributed by atoms with E-state index in [9.17, 15) is 0 Å². The van der Waals surface area contributed by atoms with Gasteiger partial charge in [0.2, 0.25) is 0 Å². The monoisotopic (exact) mass is 199 g/mol. The molecule has 0 bridgehead atoms. The highest BCUT2D eigenvalue weighted by atomic mass is 35.5. The molecule has 3 heteroatoms. The molecular formula is C10H14ClNO. The van der Waals surface area contributed by atoms with Crippen molar-refractivity contribution in [1.82, 2.24) is 0 Å². The average molecular weight is 200 g/mol. The van der Waals surface area contributed by atoms with Gasteiger partial charge in [0.05, 0.1) is 12.1 Å². The Kier molecular flexibility index (Phi) is 3.58. The molecule has 1 atom stereocenters. The highest BCUT2D eigenvalue weighted by molar-refractivity contribution is 6.32. The SMILES string of the molecule is CC[C@H](N)c1cccc(OC)c1Cl. The third kappa shape index (κ3) is 2.14. The molecule has 72 valence electrons. The van der Waals surface area contributed by atoms with E-state index in [1.54, 1.807) is 7.11 Å². The molecule has 2 nitrogen and oxygen atoms in total. The van der Waals surface area contributed by atoms with Crippen molar-refractivity contribution in [3.8, 4) is 5.75 Å². The van der Waals surface area contributed by atoms with Crippen molar-refractivity contribution in [3.05, 3.63) is 28.8 Å². The lowest BCUT2D eigenvalue weighted by Gasteiger charge is -2.13. The molecule has 0 saturated carbocycles. The van der Waals surface area contributed by atoms with E-state index in [2.05, 4.69) is 0 Å². The second-order valence-electron chi connectivity index (χ2n) is 2.88. The van der Waals surface area contributed by atoms with Gasteiger partial charge in [-0.25, -0.2) is 0 Å². The summed E-state index contributed by atoms with van der Waals surface area (Å²) in [7, 11) is 1.60. The van der Waals surface area contributed by atoms with Gasteiger partial charge in [0.1, 0.15) is 5.75 Å². The smallest absolute Gasteiger partial charge is 0.137 e. The zero-order valence-corrected chi connectivity index (χ0v) is 8.64. The summed E-state index contributed by atoms with van der Waals surface area (Å²) < 4.78 is 5.09. The molecule has 13 heavy (non-hydrogen) atoms. The molecule has 0 spiro atoms. The lowest BCUT2D eigenvalue weighted by Crippen LogP contribution is -2.09. The van der Waals surface area contributed by atoms with Gasteiger partial charge in [0, 0.05) is 6.04 Å². The molecule has 0 amide bonds. The molecule has 1 rings (SSSR count). The minimum absolute atomic E-state index is 0.0115. The molecule has 0 radical (unpaired) electrons. The Morgan fingerprint density at radius 2 is 2.23 bits per heavy atom. The van der Waals surface area contributed by atoms with Crippen molar-refractivity contribution in [2.75, 3.05) is 7.11 Å². The third-order valence-electron chi connectivity index (χ3n) is 2.05. The second kappa shape index (κ2) is 4.49. The minimum Gasteiger partial charge on any atom is -0.495 e. The zero-order valence-electron chi connectivity index (χ0n) is 7.88. The second-order valence-corrected chi connectivity index (χ2v) is 3.26. The fraction of sp³-hybridized carbons (Fsp3) is 0.400. The van der Waals surface area contributed by atoms with Crippen LogP contribution >= 0.6 is 11.6 Å². The summed E-state index contributed by atoms with van der Waals surface area (Å²) in [6, 6.07) is 5.64. The molecule has 1 aromatic carbocycles. The lowest BCUT2D eigenvalue weighted by atomic mass is 10.1. The maximum atomic E-state index is 6.08. The fourth-order valence-corrected chi connectivity index (χ4v) is 1.53. The van der Waals surface area contributed by atoms with E-state index >= 15 is 0 Å². The van der Waals surface area contributed by atoms with Crippen LogP contribution in [0.15, 0.2) is 18.2 Å². The molecule has 0 heterocycles. The first kappa shape index (κ1) is 10.4. The highest BCUT2D eigenvalue weighted by Gasteiger charge is 2.11. The Labute approximate surface area is 83.6 Å². The number of nitrogens with two attached hydrogens (primary N) is 1. The molecule has 0 saturated heterocycles. The fourth-order valence-electron chi connectivity index (χ4n) is 1.19. The van der Waals surface area contributed by atoms with E-state index in [1.165, 1.54) is 0 Å². The highest BCUT2D eigenvalue weighted by Crippen LogP contribution is 2.31. The van der Waals surface area contributed by atoms with Crippen LogP contribution in [0.1, 0.15) is 24.9 Å². The van der Waals surface area contributed by atoms with Crippen LogP contribution in [0.3, 0.4) is 0 Å². The summed E-state index contributed by atoms with van der Waals surface area (Å²) in [5, 5.41) is 0.624. The summed E-state index contributed by atoms with van der Waals surface area (Å²) in [5.74, 6) is 0.683. The minimum atomic E-state index is -0.0115. The summed E-state index contributed by atoms with van der Waals surface area (Å²) in [6.45, 7) is 2.03. The van der Waals surface area contributed by atoms with Crippen LogP contribution in [0.4, 0.5) is 0 Å². The maximum absolute atomic E-state index is 6.08. The van der Waals surface area contributed by atoms with E-state index < -0.39 is 0 Å². The van der Waals surface area contributed by atoms with Gasteiger partial charge in [-0.1, -0.05) is 30.7 Å². The quantitative estimate of drug-likeness (QED) is 0.813. The van der Waals surface area contributed by atoms with Crippen molar-refractivity contribution in [1.29, 1.82) is 0 Å². The summed E-state index contributed by atoms with van der Waals surface area (Å²) in [4.78, 5) is 0. The number of hydrogen-bond acceptors (Lipinski definition) is 2. The molecule has 2 N–H and O–H groups in total. The van der Waals surface area contributed by atoms with E-state index in [-0.39, 0.29) is 6.04 Å². The van der Waals surface area contributed by atoms with Crippen LogP contribution < -0.4 is 10.5 Å². The molecule has 0 aliphatic rings. The Morgan fingerprint density at radius 3 is 2.77 bits per heavy atom. The molecule has 1 aromatic rings. The van der Waals surface area contributed by atoms with Crippen molar-refractivity contribution < 1.29 is 4.74 Å². The van der Waals surface area contributed by atoms with Crippen LogP contribution in [0.5, 0.6) is 5.75 Å². The first-order valence-electron chi connectivity index (χ1n) is 4.28. The number of ether oxygens (including phenoxy) is 1. The number of hydrogen-bond donors (Lipinski definition) is 1. The topological polar surface area (TPSA) is 35.2 Å². The van der Waals surface area contributed by atoms with Gasteiger partial charge in [-0.3, -0.25) is 0 Å². The van der Waals surface area contributed by atoms with Gasteiger partial charge >= 0.3 is 0 Å². The van der Waals surface area contributed by atoms with E-state index in [0.29, 0.717) is 10.8 Å². The van der Waals surface area contributed by atoms with Gasteiger partial charge < -0.3 is 10.5 Å². The zero-order chi connectivity index (χ0) is 9.84. The van der Waals surface area contributed by atoms with Crippen LogP contribution in [-0.2, 0) is 0 Å². The standard InChI is InChI=1S/C10H14ClNO/c1-3-8(12)7-5-4-6-9(13-2)10(7)11/h4-6,8H,3,12H2,1-2H3/t8-/m0/s1. The molecule has 0 aliphatic heterocycles. The molecule has 0 unspecified atom stereocenters. The van der Waals surface area contributed by atoms with E-state index in [4.69, 9.17) is 22.1 Å². The van der Waals surface area contributed by atoms with E-state index in [0.717, 1.165) is 12.0 Å². The summed E-state index contributed by atoms with van der Waals surface area (Å²) in [5.41, 5.74) is 6.83. The average Bonchev–Trinajstić information content (AvgIpc) is 2.17. The van der Waals surface area contributed by atoms with Crippen LogP contribution in [-0.4, -0.2) is 7.11 Å². The van der Waals surface area contributed by atoms with Crippen molar-refractivity contribution >= 4 is 11.6 Å². The van der Waals surface area contributed by atoms with Crippen molar-refractivity contribution in [2.24, 2.45) is 5.73 Å². The number of rotatable bonds is 3. The Balaban J connectivity index is 3.08. The first-order valence-corrected chi connectivity index (χ1v) is 4.66. The number of halogens is 1. The Morgan fingerprint density at radius 1 is 1.54 bits per heavy atom. The lowest BCUT2D eigenvalue weighted by molar-refractivity contribution is 0.414. The Bertz CT molecular complexity index is 288. The molecular weight excluding hydrogens is 186 g/mol. The molecule has 0 fully saturated rings. The largest absolute Gasteiger partial charge is 0.495 e. The van der Waals surface area contributed by atoms with Crippen LogP contribution in [0, 0.1) is 0 Å². The predicted octanol–water partition coefficient (Wildman–Crippen LogP) is 2.76. The first-order chi connectivity index (χ1) is 6.20. The normalized spacial score (nSPS) is 12.6. The summed E-state index contributed by atoms with van der Waals surface area (Å²) in [6.07, 6.45) is 0.868. The number of methoxy groups -OCH3 is 1. The van der Waals surface area contributed by atoms with Crippen LogP contribution in [0.25, 0.3) is 0 Å². The van der Waals surface area contributed by atoms with Crippen molar-refractivity contribution in [2.45, 2.75) is 19.4 Å². The summed E-state index contributed by atoms with van der Waals surface area (Å²) >= 11 is 6.08.